The average molecular weight is 506 g/mol. The molecule has 0 fully saturated rings. The molecule has 0 aliphatic carbocycles. The minimum absolute atomic E-state index is 0. The van der Waals surface area contributed by atoms with Crippen LogP contribution in [0.25, 0.3) is 0 Å². The molecule has 0 aromatic carbocycles. The molecule has 0 radical (unpaired) electrons. The Morgan fingerprint density at radius 3 is 2.64 bits per heavy atom. The molecule has 36 heavy (non-hydrogen) atoms. The van der Waals surface area contributed by atoms with Crippen molar-refractivity contribution in [1.82, 2.24) is 24.7 Å². The second-order valence-corrected chi connectivity index (χ2v) is 8.74. The van der Waals surface area contributed by atoms with Crippen molar-refractivity contribution in [2.24, 2.45) is 0 Å². The number of hydrogen-bond acceptors (Lipinski definition) is 7. The number of likely N-dealkylation sites (N-methyl/N-ethyl adjacent to an activating group) is 1. The molecule has 4 rings (SSSR count). The van der Waals surface area contributed by atoms with Gasteiger partial charge in [0.05, 0.1) is 25.0 Å². The number of rotatable bonds is 7. The number of hydrogen-bond donors (Lipinski definition) is 1. The molecule has 0 saturated carbocycles. The number of pyridine rings is 1. The Morgan fingerprint density at radius 1 is 1.19 bits per heavy atom. The van der Waals surface area contributed by atoms with Gasteiger partial charge in [0.2, 0.25) is 0 Å². The molecule has 1 atom stereocenters. The van der Waals surface area contributed by atoms with Crippen LogP contribution in [-0.4, -0.2) is 56.9 Å². The van der Waals surface area contributed by atoms with Crippen LogP contribution < -0.4 is 10.2 Å². The molecule has 0 spiro atoms. The summed E-state index contributed by atoms with van der Waals surface area (Å²) in [5.74, 6) is 1.05. The third kappa shape index (κ3) is 5.32. The molecule has 1 aliphatic heterocycles. The van der Waals surface area contributed by atoms with E-state index in [0.29, 0.717) is 41.4 Å². The molecule has 9 nitrogen and oxygen atoms in total. The molecule has 1 N–H and O–H groups in total. The van der Waals surface area contributed by atoms with Crippen molar-refractivity contribution in [3.63, 3.8) is 0 Å². The van der Waals surface area contributed by atoms with Crippen molar-refractivity contribution in [2.75, 3.05) is 31.0 Å². The molecule has 4 heterocycles. The van der Waals surface area contributed by atoms with Crippen molar-refractivity contribution in [3.8, 4) is 0 Å². The summed E-state index contributed by atoms with van der Waals surface area (Å²) in [4.78, 5) is 27.1. The first-order chi connectivity index (χ1) is 16.5. The predicted molar refractivity (Wildman–Crippen MR) is 129 cm³/mol. The molecule has 3 aromatic rings. The molecule has 3 aromatic heterocycles. The van der Waals surface area contributed by atoms with Gasteiger partial charge in [-0.05, 0) is 43.5 Å². The first kappa shape index (κ1) is 27.1. The second-order valence-electron chi connectivity index (χ2n) is 8.74. The van der Waals surface area contributed by atoms with Crippen LogP contribution in [0, 0.1) is 6.92 Å². The van der Waals surface area contributed by atoms with Crippen molar-refractivity contribution in [3.05, 3.63) is 59.1 Å². The number of methoxy groups -OCH3 is 1. The van der Waals surface area contributed by atoms with E-state index in [2.05, 4.69) is 20.4 Å². The van der Waals surface area contributed by atoms with E-state index >= 15 is 0 Å². The van der Waals surface area contributed by atoms with E-state index in [9.17, 15) is 18.0 Å². The number of carbonyl (C=O) groups excluding carboxylic acids is 1. The lowest BCUT2D eigenvalue weighted by Crippen LogP contribution is -2.59. The molecule has 12 heteroatoms. The van der Waals surface area contributed by atoms with E-state index in [1.54, 1.807) is 38.2 Å². The van der Waals surface area contributed by atoms with Crippen LogP contribution in [0.2, 0.25) is 0 Å². The third-order valence-corrected chi connectivity index (χ3v) is 6.11. The van der Waals surface area contributed by atoms with Gasteiger partial charge in [-0.15, -0.1) is 0 Å². The fourth-order valence-corrected chi connectivity index (χ4v) is 3.99. The number of nitrogens with zero attached hydrogens (tertiary/aromatic N) is 6. The third-order valence-electron chi connectivity index (χ3n) is 6.11. The summed E-state index contributed by atoms with van der Waals surface area (Å²) in [6, 6.07) is 2.56. The molecule has 194 valence electrons. The van der Waals surface area contributed by atoms with Gasteiger partial charge in [-0.2, -0.15) is 18.3 Å². The highest BCUT2D eigenvalue weighted by Gasteiger charge is 2.44. The number of alkyl halides is 3. The lowest BCUT2D eigenvalue weighted by Gasteiger charge is -2.42. The largest absolute Gasteiger partial charge is 0.433 e. The standard InChI is InChI=1S/C23H26F3N7O2.CH4/c1-14-19-20(32(3)22(2,13-35-4)21(34)31-19)30-18(29-14)6-5-16-10-28-33(12-16)11-15-7-8-27-17(9-15)23(24,25)26;/h7-10,12H,5-6,11,13H2,1-4H3,(H,31,34);1H4/t22-;/m0./s1. The number of nitrogens with one attached hydrogen (secondary N) is 1. The maximum absolute atomic E-state index is 12.9. The summed E-state index contributed by atoms with van der Waals surface area (Å²) in [5, 5.41) is 7.17. The zero-order valence-electron chi connectivity index (χ0n) is 19.8. The van der Waals surface area contributed by atoms with E-state index in [1.165, 1.54) is 6.07 Å². The van der Waals surface area contributed by atoms with E-state index in [0.717, 1.165) is 17.8 Å². The first-order valence-electron chi connectivity index (χ1n) is 11.0. The van der Waals surface area contributed by atoms with Gasteiger partial charge in [0.15, 0.2) is 5.82 Å². The van der Waals surface area contributed by atoms with Gasteiger partial charge in [0, 0.05) is 33.0 Å². The molecular weight excluding hydrogens is 475 g/mol. The highest BCUT2D eigenvalue weighted by Crippen LogP contribution is 2.36. The summed E-state index contributed by atoms with van der Waals surface area (Å²) in [5.41, 5.74) is 0.779. The monoisotopic (exact) mass is 505 g/mol. The molecule has 0 unspecified atom stereocenters. The summed E-state index contributed by atoms with van der Waals surface area (Å²) >= 11 is 0. The lowest BCUT2D eigenvalue weighted by molar-refractivity contribution is -0.141. The van der Waals surface area contributed by atoms with Crippen molar-refractivity contribution >= 4 is 17.4 Å². The normalized spacial score (nSPS) is 17.4. The lowest BCUT2D eigenvalue weighted by atomic mass is 9.97. The van der Waals surface area contributed by atoms with Crippen LogP contribution >= 0.6 is 0 Å². The van der Waals surface area contributed by atoms with Crippen molar-refractivity contribution < 1.29 is 22.7 Å². The predicted octanol–water partition coefficient (Wildman–Crippen LogP) is 3.66. The summed E-state index contributed by atoms with van der Waals surface area (Å²) in [6.07, 6.45) is 1.25. The fraction of sp³-hybridized carbons (Fsp3) is 0.458. The topological polar surface area (TPSA) is 98.1 Å². The smallest absolute Gasteiger partial charge is 0.382 e. The molecule has 1 aliphatic rings. The molecule has 1 amide bonds. The van der Waals surface area contributed by atoms with E-state index in [-0.39, 0.29) is 26.5 Å². The van der Waals surface area contributed by atoms with Gasteiger partial charge in [0.25, 0.3) is 5.91 Å². The van der Waals surface area contributed by atoms with Gasteiger partial charge in [-0.3, -0.25) is 14.5 Å². The Hall–Kier alpha value is -3.54. The molecule has 0 saturated heterocycles. The SMILES string of the molecule is C.COC[C@@]1(C)C(=O)Nc2c(C)nc(CCc3cnn(Cc4ccnc(C(F)(F)F)c4)c3)nc2N1C. The Morgan fingerprint density at radius 2 is 1.94 bits per heavy atom. The van der Waals surface area contributed by atoms with Crippen molar-refractivity contribution in [2.45, 2.75) is 52.4 Å². The van der Waals surface area contributed by atoms with Crippen LogP contribution in [0.1, 0.15) is 42.7 Å². The maximum Gasteiger partial charge on any atom is 0.433 e. The van der Waals surface area contributed by atoms with E-state index in [1.807, 2.05) is 11.8 Å². The number of anilines is 2. The average Bonchev–Trinajstić information content (AvgIpc) is 3.24. The number of halogens is 3. The minimum atomic E-state index is -4.49. The van der Waals surface area contributed by atoms with Crippen LogP contribution in [0.15, 0.2) is 30.7 Å². The van der Waals surface area contributed by atoms with E-state index in [4.69, 9.17) is 9.72 Å². The van der Waals surface area contributed by atoms with E-state index < -0.39 is 17.4 Å². The van der Waals surface area contributed by atoms with Gasteiger partial charge in [-0.1, -0.05) is 7.43 Å². The van der Waals surface area contributed by atoms with Crippen LogP contribution in [-0.2, 0) is 35.1 Å². The fourth-order valence-electron chi connectivity index (χ4n) is 3.99. The van der Waals surface area contributed by atoms with Gasteiger partial charge in [0.1, 0.15) is 22.7 Å². The second kappa shape index (κ2) is 10.2. The van der Waals surface area contributed by atoms with Crippen LogP contribution in [0.4, 0.5) is 24.7 Å². The zero-order chi connectivity index (χ0) is 25.4. The summed E-state index contributed by atoms with van der Waals surface area (Å²) < 4.78 is 45.6. The first-order valence-corrected chi connectivity index (χ1v) is 11.0. The highest BCUT2D eigenvalue weighted by atomic mass is 19.4. The van der Waals surface area contributed by atoms with Crippen molar-refractivity contribution in [1.29, 1.82) is 0 Å². The Kier molecular flexibility index (Phi) is 7.68. The maximum atomic E-state index is 12.9. The molecular formula is C24H30F3N7O2. The minimum Gasteiger partial charge on any atom is -0.382 e. The summed E-state index contributed by atoms with van der Waals surface area (Å²) in [6.45, 7) is 4.01. The van der Waals surface area contributed by atoms with Crippen LogP contribution in [0.5, 0.6) is 0 Å². The number of aryl methyl sites for hydroxylation is 3. The zero-order valence-corrected chi connectivity index (χ0v) is 19.8. The summed E-state index contributed by atoms with van der Waals surface area (Å²) in [7, 11) is 3.35. The Labute approximate surface area is 207 Å². The Bertz CT molecular complexity index is 1240. The van der Waals surface area contributed by atoms with Gasteiger partial charge < -0.3 is 15.0 Å². The van der Waals surface area contributed by atoms with Crippen LogP contribution in [0.3, 0.4) is 0 Å². The number of fused-ring (bicyclic) bond motifs is 1. The van der Waals surface area contributed by atoms with Gasteiger partial charge >= 0.3 is 6.18 Å². The quantitative estimate of drug-likeness (QED) is 0.523. The number of carbonyl (C=O) groups is 1. The van der Waals surface area contributed by atoms with Gasteiger partial charge in [-0.25, -0.2) is 9.97 Å². The number of ether oxygens (including phenoxy) is 1. The highest BCUT2D eigenvalue weighted by molar-refractivity contribution is 6.06. The number of aromatic nitrogens is 5. The Balaban J connectivity index is 0.00000361. The number of amides is 1. The molecule has 0 bridgehead atoms.